The first-order chi connectivity index (χ1) is 26.7. The molecule has 0 fully saturated rings. The van der Waals surface area contributed by atoms with Gasteiger partial charge in [0, 0.05) is 56.8 Å². The molecule has 0 amide bonds. The maximum atomic E-state index is 6.17. The van der Waals surface area contributed by atoms with Crippen molar-refractivity contribution >= 4 is 92.9 Å². The van der Waals surface area contributed by atoms with Crippen molar-refractivity contribution in [3.63, 3.8) is 0 Å². The van der Waals surface area contributed by atoms with E-state index in [1.165, 1.54) is 9.40 Å². The maximum absolute atomic E-state index is 6.17. The predicted octanol–water partition coefficient (Wildman–Crippen LogP) is 13.8. The molecular weight excluding hydrogens is 701 g/mol. The number of benzene rings is 7. The number of hydrogen-bond donors (Lipinski definition) is 0. The van der Waals surface area contributed by atoms with E-state index >= 15 is 0 Å². The van der Waals surface area contributed by atoms with E-state index in [0.29, 0.717) is 0 Å². The Morgan fingerprint density at radius 3 is 1.67 bits per heavy atom. The van der Waals surface area contributed by atoms with Crippen LogP contribution in [0.3, 0.4) is 0 Å². The molecule has 0 atom stereocenters. The van der Waals surface area contributed by atoms with E-state index in [1.54, 1.807) is 22.7 Å². The number of para-hydroxylation sites is 3. The Morgan fingerprint density at radius 2 is 1.00 bits per heavy atom. The molecular formula is C47H28N4OS2. The van der Waals surface area contributed by atoms with Gasteiger partial charge < -0.3 is 9.32 Å². The number of anilines is 3. The van der Waals surface area contributed by atoms with Gasteiger partial charge in [0.2, 0.25) is 0 Å². The van der Waals surface area contributed by atoms with Crippen molar-refractivity contribution in [2.75, 3.05) is 4.90 Å². The summed E-state index contributed by atoms with van der Waals surface area (Å²) in [7, 11) is 0. The van der Waals surface area contributed by atoms with E-state index in [2.05, 4.69) is 132 Å². The monoisotopic (exact) mass is 728 g/mol. The number of aromatic nitrogens is 3. The highest BCUT2D eigenvalue weighted by atomic mass is 32.1. The van der Waals surface area contributed by atoms with Crippen LogP contribution in [0, 0.1) is 0 Å². The van der Waals surface area contributed by atoms with Crippen LogP contribution in [-0.2, 0) is 0 Å². The fourth-order valence-electron chi connectivity index (χ4n) is 7.25. The van der Waals surface area contributed by atoms with Crippen molar-refractivity contribution in [3.8, 4) is 32.4 Å². The number of thiazole rings is 2. The van der Waals surface area contributed by atoms with Crippen LogP contribution in [0.15, 0.2) is 174 Å². The van der Waals surface area contributed by atoms with Crippen LogP contribution in [0.4, 0.5) is 17.1 Å². The van der Waals surface area contributed by atoms with Crippen molar-refractivity contribution in [1.82, 2.24) is 15.0 Å². The fourth-order valence-corrected chi connectivity index (χ4v) is 9.20. The summed E-state index contributed by atoms with van der Waals surface area (Å²) in [5, 5.41) is 6.43. The minimum absolute atomic E-state index is 0.843. The third kappa shape index (κ3) is 5.33. The molecule has 254 valence electrons. The van der Waals surface area contributed by atoms with Crippen LogP contribution in [-0.4, -0.2) is 15.0 Å². The third-order valence-electron chi connectivity index (χ3n) is 9.97. The molecule has 0 radical (unpaired) electrons. The molecule has 0 aliphatic carbocycles. The van der Waals surface area contributed by atoms with Gasteiger partial charge in [-0.1, -0.05) is 60.7 Å². The minimum atomic E-state index is 0.843. The summed E-state index contributed by atoms with van der Waals surface area (Å²) in [5.41, 5.74) is 11.1. The zero-order chi connectivity index (χ0) is 35.6. The van der Waals surface area contributed by atoms with Crippen LogP contribution in [0.5, 0.6) is 0 Å². The van der Waals surface area contributed by atoms with Gasteiger partial charge in [-0.15, -0.1) is 22.7 Å². The van der Waals surface area contributed by atoms with Gasteiger partial charge in [-0.3, -0.25) is 4.98 Å². The molecule has 0 aliphatic rings. The highest BCUT2D eigenvalue weighted by Crippen LogP contribution is 2.40. The van der Waals surface area contributed by atoms with Gasteiger partial charge in [-0.25, -0.2) is 9.97 Å². The molecule has 0 bridgehead atoms. The topological polar surface area (TPSA) is 55.1 Å². The summed E-state index contributed by atoms with van der Waals surface area (Å²) >= 11 is 3.44. The number of furan rings is 1. The van der Waals surface area contributed by atoms with Gasteiger partial charge in [-0.2, -0.15) is 0 Å². The van der Waals surface area contributed by atoms with Crippen LogP contribution < -0.4 is 4.90 Å². The number of nitrogens with zero attached hydrogens (tertiary/aromatic N) is 4. The smallest absolute Gasteiger partial charge is 0.139 e. The number of pyridine rings is 1. The predicted molar refractivity (Wildman–Crippen MR) is 226 cm³/mol. The molecule has 0 saturated heterocycles. The molecule has 4 aromatic heterocycles. The fraction of sp³-hybridized carbons (Fsp3) is 0. The number of fused-ring (bicyclic) bond motifs is 6. The van der Waals surface area contributed by atoms with Crippen LogP contribution in [0.25, 0.3) is 85.5 Å². The largest absolute Gasteiger partial charge is 0.456 e. The SMILES string of the molecule is c1ccc2sc(-c3ccc(N(c4ccc(-c5nc6ccccc6s5)cc4)c4ccc5cc(-c6cc7oc8ccccc8c7cn6)ccc5c4)cc3)nc2c1. The van der Waals surface area contributed by atoms with Crippen LogP contribution >= 0.6 is 22.7 Å². The third-order valence-corrected chi connectivity index (χ3v) is 12.1. The molecule has 7 heteroatoms. The Kier molecular flexibility index (Phi) is 7.15. The van der Waals surface area contributed by atoms with E-state index < -0.39 is 0 Å². The van der Waals surface area contributed by atoms with Crippen LogP contribution in [0.2, 0.25) is 0 Å². The Labute approximate surface area is 318 Å². The second kappa shape index (κ2) is 12.5. The summed E-state index contributed by atoms with van der Waals surface area (Å²) in [6.45, 7) is 0. The highest BCUT2D eigenvalue weighted by molar-refractivity contribution is 7.22. The van der Waals surface area contributed by atoms with Crippen molar-refractivity contribution in [2.24, 2.45) is 0 Å². The van der Waals surface area contributed by atoms with Crippen LogP contribution in [0.1, 0.15) is 0 Å². The summed E-state index contributed by atoms with van der Waals surface area (Å²) in [6, 6.07) is 57.4. The van der Waals surface area contributed by atoms with Crippen molar-refractivity contribution in [2.45, 2.75) is 0 Å². The van der Waals surface area contributed by atoms with Crippen molar-refractivity contribution in [1.29, 1.82) is 0 Å². The van der Waals surface area contributed by atoms with E-state index in [-0.39, 0.29) is 0 Å². The van der Waals surface area contributed by atoms with Gasteiger partial charge >= 0.3 is 0 Å². The second-order valence-corrected chi connectivity index (χ2v) is 15.4. The normalized spacial score (nSPS) is 11.7. The van der Waals surface area contributed by atoms with E-state index in [1.807, 2.05) is 42.6 Å². The lowest BCUT2D eigenvalue weighted by molar-refractivity contribution is 0.668. The molecule has 4 heterocycles. The average molecular weight is 729 g/mol. The lowest BCUT2D eigenvalue weighted by Gasteiger charge is -2.26. The zero-order valence-electron chi connectivity index (χ0n) is 28.7. The Morgan fingerprint density at radius 1 is 0.444 bits per heavy atom. The average Bonchev–Trinajstić information content (AvgIpc) is 3.96. The van der Waals surface area contributed by atoms with Gasteiger partial charge in [-0.05, 0) is 108 Å². The highest BCUT2D eigenvalue weighted by Gasteiger charge is 2.16. The minimum Gasteiger partial charge on any atom is -0.456 e. The van der Waals surface area contributed by atoms with Crippen molar-refractivity contribution in [3.05, 3.63) is 170 Å². The summed E-state index contributed by atoms with van der Waals surface area (Å²) in [4.78, 5) is 17.0. The van der Waals surface area contributed by atoms with E-state index in [0.717, 1.165) is 93.2 Å². The molecule has 5 nitrogen and oxygen atoms in total. The molecule has 7 aromatic carbocycles. The first-order valence-electron chi connectivity index (χ1n) is 17.7. The second-order valence-electron chi connectivity index (χ2n) is 13.3. The van der Waals surface area contributed by atoms with Crippen molar-refractivity contribution < 1.29 is 4.42 Å². The number of hydrogen-bond acceptors (Lipinski definition) is 7. The molecule has 0 N–H and O–H groups in total. The molecule has 11 rings (SSSR count). The van der Waals surface area contributed by atoms with Gasteiger partial charge in [0.1, 0.15) is 21.2 Å². The lowest BCUT2D eigenvalue weighted by Crippen LogP contribution is -2.09. The zero-order valence-corrected chi connectivity index (χ0v) is 30.3. The quantitative estimate of drug-likeness (QED) is 0.171. The maximum Gasteiger partial charge on any atom is 0.139 e. The lowest BCUT2D eigenvalue weighted by atomic mass is 10.0. The van der Waals surface area contributed by atoms with E-state index in [9.17, 15) is 0 Å². The summed E-state index contributed by atoms with van der Waals surface area (Å²) in [6.07, 6.45) is 1.92. The van der Waals surface area contributed by atoms with Gasteiger partial charge in [0.25, 0.3) is 0 Å². The van der Waals surface area contributed by atoms with Gasteiger partial charge in [0.15, 0.2) is 0 Å². The Bertz CT molecular complexity index is 2990. The van der Waals surface area contributed by atoms with Gasteiger partial charge in [0.05, 0.1) is 26.1 Å². The standard InChI is InChI=1S/C47H28N4OS2/c1-4-10-42-37(7-1)38-28-48-41(27-43(38)52-42)33-14-13-32-26-36(24-19-31(32)25-33)51(34-20-15-29(16-21-34)46-49-39-8-2-5-11-44(39)53-46)35-22-17-30(18-23-35)47-50-40-9-3-6-12-45(40)54-47/h1-28H. The first-order valence-corrected chi connectivity index (χ1v) is 19.4. The molecule has 0 unspecified atom stereocenters. The molecule has 0 spiro atoms. The van der Waals surface area contributed by atoms with E-state index in [4.69, 9.17) is 19.4 Å². The molecule has 0 aliphatic heterocycles. The Hall–Kier alpha value is -6.67. The Balaban J connectivity index is 0.972. The summed E-state index contributed by atoms with van der Waals surface area (Å²) in [5.74, 6) is 0. The molecule has 0 saturated carbocycles. The molecule has 54 heavy (non-hydrogen) atoms. The first kappa shape index (κ1) is 30.9. The summed E-state index contributed by atoms with van der Waals surface area (Å²) < 4.78 is 8.55. The molecule has 11 aromatic rings. The number of rotatable bonds is 6.